The molecule has 22 heavy (non-hydrogen) atoms. The molecule has 3 rings (SSSR count). The molecule has 1 aromatic heterocycles. The minimum absolute atomic E-state index is 0.0859. The van der Waals surface area contributed by atoms with Crippen LogP contribution in [0.4, 0.5) is 4.39 Å². The van der Waals surface area contributed by atoms with Crippen molar-refractivity contribution in [1.82, 2.24) is 4.90 Å². The lowest BCUT2D eigenvalue weighted by Gasteiger charge is -2.23. The Morgan fingerprint density at radius 1 is 1.45 bits per heavy atom. The molecule has 1 heterocycles. The van der Waals surface area contributed by atoms with E-state index in [1.54, 1.807) is 24.9 Å². The molecule has 1 amide bonds. The van der Waals surface area contributed by atoms with Gasteiger partial charge in [-0.15, -0.1) is 11.3 Å². The van der Waals surface area contributed by atoms with Crippen LogP contribution in [0.15, 0.2) is 18.2 Å². The van der Waals surface area contributed by atoms with E-state index in [0.717, 1.165) is 24.0 Å². The van der Waals surface area contributed by atoms with Crippen LogP contribution in [-0.4, -0.2) is 35.6 Å². The van der Waals surface area contributed by atoms with Gasteiger partial charge in [-0.3, -0.25) is 4.79 Å². The van der Waals surface area contributed by atoms with Gasteiger partial charge in [0.25, 0.3) is 5.91 Å². The van der Waals surface area contributed by atoms with E-state index in [2.05, 4.69) is 0 Å². The number of benzene rings is 1. The lowest BCUT2D eigenvalue weighted by molar-refractivity contribution is 0.0697. The lowest BCUT2D eigenvalue weighted by atomic mass is 10.1. The summed E-state index contributed by atoms with van der Waals surface area (Å²) in [6, 6.07) is 4.93. The third-order valence-corrected chi connectivity index (χ3v) is 5.82. The van der Waals surface area contributed by atoms with E-state index in [1.807, 2.05) is 6.07 Å². The van der Waals surface area contributed by atoms with Crippen molar-refractivity contribution in [3.8, 4) is 0 Å². The maximum Gasteiger partial charge on any atom is 0.263 e. The number of aliphatic hydroxyl groups is 1. The molecule has 0 saturated heterocycles. The van der Waals surface area contributed by atoms with Crippen molar-refractivity contribution >= 4 is 27.3 Å². The number of hydrogen-bond donors (Lipinski definition) is 1. The predicted octanol–water partition coefficient (Wildman–Crippen LogP) is 3.58. The van der Waals surface area contributed by atoms with Crippen LogP contribution in [-0.2, 0) is 0 Å². The summed E-state index contributed by atoms with van der Waals surface area (Å²) in [7, 11) is 1.76. The Bertz CT molecular complexity index is 712. The van der Waals surface area contributed by atoms with Crippen molar-refractivity contribution < 1.29 is 14.3 Å². The lowest BCUT2D eigenvalue weighted by Crippen LogP contribution is -2.34. The maximum absolute atomic E-state index is 14.0. The monoisotopic (exact) mass is 321 g/mol. The normalized spacial score (nSPS) is 21.5. The highest BCUT2D eigenvalue weighted by atomic mass is 32.1. The first-order chi connectivity index (χ1) is 10.5. The molecule has 1 fully saturated rings. The first-order valence-electron chi connectivity index (χ1n) is 7.60. The number of carbonyl (C=O) groups is 1. The van der Waals surface area contributed by atoms with Crippen LogP contribution in [0.3, 0.4) is 0 Å². The third-order valence-electron chi connectivity index (χ3n) is 4.57. The van der Waals surface area contributed by atoms with Gasteiger partial charge in [-0.2, -0.15) is 0 Å². The number of amides is 1. The highest BCUT2D eigenvalue weighted by Gasteiger charge is 2.29. The number of fused-ring (bicyclic) bond motifs is 1. The Hall–Kier alpha value is -1.46. The molecule has 1 aromatic carbocycles. The fourth-order valence-corrected chi connectivity index (χ4v) is 4.51. The second-order valence-corrected chi connectivity index (χ2v) is 7.17. The van der Waals surface area contributed by atoms with Gasteiger partial charge in [0.2, 0.25) is 0 Å². The smallest absolute Gasteiger partial charge is 0.263 e. The number of thiophene rings is 1. The molecular weight excluding hydrogens is 301 g/mol. The van der Waals surface area contributed by atoms with Crippen LogP contribution in [0.5, 0.6) is 0 Å². The number of nitrogens with zero attached hydrogens (tertiary/aromatic N) is 1. The van der Waals surface area contributed by atoms with Gasteiger partial charge in [0.15, 0.2) is 0 Å². The minimum atomic E-state index is -0.309. The topological polar surface area (TPSA) is 40.5 Å². The number of hydrogen-bond acceptors (Lipinski definition) is 3. The maximum atomic E-state index is 14.0. The molecule has 1 aliphatic carbocycles. The molecule has 5 heteroatoms. The molecule has 0 radical (unpaired) electrons. The summed E-state index contributed by atoms with van der Waals surface area (Å²) in [6.07, 6.45) is 2.48. The third kappa shape index (κ3) is 2.63. The molecule has 3 nitrogen and oxygen atoms in total. The van der Waals surface area contributed by atoms with Crippen molar-refractivity contribution in [2.75, 3.05) is 13.6 Å². The van der Waals surface area contributed by atoms with Crippen LogP contribution >= 0.6 is 11.3 Å². The van der Waals surface area contributed by atoms with Gasteiger partial charge in [-0.05, 0) is 37.5 Å². The highest BCUT2D eigenvalue weighted by Crippen LogP contribution is 2.34. The summed E-state index contributed by atoms with van der Waals surface area (Å²) < 4.78 is 14.8. The molecular formula is C17H20FNO2S. The van der Waals surface area contributed by atoms with Crippen LogP contribution < -0.4 is 0 Å². The van der Waals surface area contributed by atoms with E-state index in [-0.39, 0.29) is 23.7 Å². The largest absolute Gasteiger partial charge is 0.393 e. The predicted molar refractivity (Wildman–Crippen MR) is 86.8 cm³/mol. The first-order valence-corrected chi connectivity index (χ1v) is 8.42. The average Bonchev–Trinajstić information content (AvgIpc) is 3.03. The van der Waals surface area contributed by atoms with E-state index in [4.69, 9.17) is 0 Å². The second-order valence-electron chi connectivity index (χ2n) is 6.11. The highest BCUT2D eigenvalue weighted by molar-refractivity contribution is 7.21. The standard InChI is InChI=1S/C17H20FNO2S/c1-10-15-12(18)6-4-8-14(15)22-16(10)17(21)19(2)9-11-5-3-7-13(11)20/h4,6,8,11,13,20H,3,5,7,9H2,1-2H3. The van der Waals surface area contributed by atoms with Crippen LogP contribution in [0.25, 0.3) is 10.1 Å². The summed E-state index contributed by atoms with van der Waals surface area (Å²) >= 11 is 1.34. The molecule has 2 unspecified atom stereocenters. The second kappa shape index (κ2) is 5.97. The molecule has 1 N–H and O–H groups in total. The first kappa shape index (κ1) is 15.4. The van der Waals surface area contributed by atoms with Crippen LogP contribution in [0.1, 0.15) is 34.5 Å². The fourth-order valence-electron chi connectivity index (χ4n) is 3.30. The summed E-state index contributed by atoms with van der Waals surface area (Å²) in [5, 5.41) is 10.5. The number of rotatable bonds is 3. The van der Waals surface area contributed by atoms with Crippen molar-refractivity contribution in [1.29, 1.82) is 0 Å². The summed E-state index contributed by atoms with van der Waals surface area (Å²) in [6.45, 7) is 2.35. The Balaban J connectivity index is 1.85. The van der Waals surface area contributed by atoms with Crippen molar-refractivity contribution in [3.05, 3.63) is 34.5 Å². The summed E-state index contributed by atoms with van der Waals surface area (Å²) in [5.74, 6) is -0.211. The molecule has 118 valence electrons. The quantitative estimate of drug-likeness (QED) is 0.938. The van der Waals surface area contributed by atoms with E-state index >= 15 is 0 Å². The van der Waals surface area contributed by atoms with Crippen LogP contribution in [0.2, 0.25) is 0 Å². The number of carbonyl (C=O) groups excluding carboxylic acids is 1. The van der Waals surface area contributed by atoms with Crippen LogP contribution in [0, 0.1) is 18.7 Å². The Kier molecular flexibility index (Phi) is 4.19. The SMILES string of the molecule is Cc1c(C(=O)N(C)CC2CCCC2O)sc2cccc(F)c12. The van der Waals surface area contributed by atoms with E-state index in [9.17, 15) is 14.3 Å². The number of aliphatic hydroxyl groups excluding tert-OH is 1. The summed E-state index contributed by atoms with van der Waals surface area (Å²) in [5.41, 5.74) is 0.710. The van der Waals surface area contributed by atoms with Gasteiger partial charge >= 0.3 is 0 Å². The number of aryl methyl sites for hydroxylation is 1. The van der Waals surface area contributed by atoms with E-state index in [1.165, 1.54) is 17.4 Å². The van der Waals surface area contributed by atoms with Gasteiger partial charge in [-0.25, -0.2) is 4.39 Å². The molecule has 0 spiro atoms. The zero-order chi connectivity index (χ0) is 15.9. The number of halogens is 1. The van der Waals surface area contributed by atoms with E-state index < -0.39 is 0 Å². The summed E-state index contributed by atoms with van der Waals surface area (Å²) in [4.78, 5) is 14.9. The van der Waals surface area contributed by atoms with Gasteiger partial charge < -0.3 is 10.0 Å². The molecule has 2 aromatic rings. The van der Waals surface area contributed by atoms with Gasteiger partial charge in [-0.1, -0.05) is 12.5 Å². The molecule has 1 saturated carbocycles. The molecule has 2 atom stereocenters. The molecule has 0 aliphatic heterocycles. The van der Waals surface area contributed by atoms with Crippen molar-refractivity contribution in [3.63, 3.8) is 0 Å². The molecule has 0 bridgehead atoms. The van der Waals surface area contributed by atoms with Crippen molar-refractivity contribution in [2.45, 2.75) is 32.3 Å². The Morgan fingerprint density at radius 3 is 2.86 bits per heavy atom. The minimum Gasteiger partial charge on any atom is -0.393 e. The van der Waals surface area contributed by atoms with Gasteiger partial charge in [0.05, 0.1) is 11.0 Å². The van der Waals surface area contributed by atoms with Gasteiger partial charge in [0.1, 0.15) is 5.82 Å². The zero-order valence-corrected chi connectivity index (χ0v) is 13.6. The Morgan fingerprint density at radius 2 is 2.23 bits per heavy atom. The Labute approximate surface area is 133 Å². The average molecular weight is 321 g/mol. The molecule has 1 aliphatic rings. The van der Waals surface area contributed by atoms with Crippen molar-refractivity contribution in [2.24, 2.45) is 5.92 Å². The van der Waals surface area contributed by atoms with E-state index in [0.29, 0.717) is 22.4 Å². The zero-order valence-electron chi connectivity index (χ0n) is 12.8. The fraction of sp³-hybridized carbons (Fsp3) is 0.471. The van der Waals surface area contributed by atoms with Gasteiger partial charge in [0, 0.05) is 29.6 Å².